The molecule has 3 aromatic rings. The van der Waals surface area contributed by atoms with Gasteiger partial charge < -0.3 is 14.8 Å². The third kappa shape index (κ3) is 5.56. The number of nitrogens with one attached hydrogen (secondary N) is 1. The van der Waals surface area contributed by atoms with Crippen molar-refractivity contribution in [2.45, 2.75) is 52.6 Å². The summed E-state index contributed by atoms with van der Waals surface area (Å²) >= 11 is 0. The Labute approximate surface area is 222 Å². The van der Waals surface area contributed by atoms with Crippen molar-refractivity contribution in [2.24, 2.45) is 5.92 Å². The largest absolute Gasteiger partial charge is 0.334 e. The highest BCUT2D eigenvalue weighted by Crippen LogP contribution is 2.32. The quantitative estimate of drug-likeness (QED) is 0.414. The SMILES string of the molecule is CC(C)N(C(=O)c1cc(F)ccc1-n1cc(C(=O)C2CCNCC2)c2c(F)cncc21)C(C)C.Cl.Cl. The van der Waals surface area contributed by atoms with Gasteiger partial charge in [-0.15, -0.1) is 24.8 Å². The van der Waals surface area contributed by atoms with Crippen molar-refractivity contribution in [1.82, 2.24) is 19.8 Å². The number of rotatable bonds is 6. The summed E-state index contributed by atoms with van der Waals surface area (Å²) in [7, 11) is 0. The van der Waals surface area contributed by atoms with Crippen molar-refractivity contribution in [2.75, 3.05) is 13.1 Å². The van der Waals surface area contributed by atoms with E-state index in [1.54, 1.807) is 15.7 Å². The van der Waals surface area contributed by atoms with Gasteiger partial charge in [-0.1, -0.05) is 0 Å². The average molecular weight is 541 g/mol. The summed E-state index contributed by atoms with van der Waals surface area (Å²) in [5, 5.41) is 3.41. The Morgan fingerprint density at radius 2 is 1.67 bits per heavy atom. The third-order valence-corrected chi connectivity index (χ3v) is 6.44. The van der Waals surface area contributed by atoms with Crippen LogP contribution < -0.4 is 5.32 Å². The summed E-state index contributed by atoms with van der Waals surface area (Å²) in [6.07, 6.45) is 5.48. The predicted molar refractivity (Wildman–Crippen MR) is 142 cm³/mol. The van der Waals surface area contributed by atoms with E-state index in [9.17, 15) is 18.4 Å². The number of hydrogen-bond acceptors (Lipinski definition) is 4. The van der Waals surface area contributed by atoms with Crippen LogP contribution in [0.1, 0.15) is 61.3 Å². The van der Waals surface area contributed by atoms with Crippen LogP contribution >= 0.6 is 24.8 Å². The molecular formula is C26H32Cl2F2N4O2. The fraction of sp³-hybridized carbons (Fsp3) is 0.423. The molecule has 1 aliphatic rings. The zero-order chi connectivity index (χ0) is 24.6. The molecule has 0 bridgehead atoms. The lowest BCUT2D eigenvalue weighted by molar-refractivity contribution is 0.0643. The molecule has 36 heavy (non-hydrogen) atoms. The van der Waals surface area contributed by atoms with E-state index in [1.807, 2.05) is 27.7 Å². The van der Waals surface area contributed by atoms with Crippen LogP contribution in [0.5, 0.6) is 0 Å². The molecule has 1 aliphatic heterocycles. The summed E-state index contributed by atoms with van der Waals surface area (Å²) in [6, 6.07) is 3.73. The number of nitrogens with zero attached hydrogens (tertiary/aromatic N) is 3. The van der Waals surface area contributed by atoms with E-state index in [4.69, 9.17) is 0 Å². The summed E-state index contributed by atoms with van der Waals surface area (Å²) in [5.41, 5.74) is 1.14. The molecule has 1 fully saturated rings. The first kappa shape index (κ1) is 29.7. The van der Waals surface area contributed by atoms with E-state index in [0.29, 0.717) is 24.0 Å². The van der Waals surface area contributed by atoms with Crippen LogP contribution in [-0.4, -0.2) is 51.3 Å². The molecule has 3 heterocycles. The molecule has 0 unspecified atom stereocenters. The smallest absolute Gasteiger partial charge is 0.256 e. The molecule has 196 valence electrons. The maximum absolute atomic E-state index is 15.0. The lowest BCUT2D eigenvalue weighted by atomic mass is 9.89. The maximum Gasteiger partial charge on any atom is 0.256 e. The summed E-state index contributed by atoms with van der Waals surface area (Å²) in [4.78, 5) is 32.6. The Morgan fingerprint density at radius 1 is 1.03 bits per heavy atom. The number of carbonyl (C=O) groups excluding carboxylic acids is 2. The molecule has 0 saturated carbocycles. The number of carbonyl (C=O) groups is 2. The summed E-state index contributed by atoms with van der Waals surface area (Å²) < 4.78 is 30.9. The van der Waals surface area contributed by atoms with Crippen LogP contribution in [0.4, 0.5) is 8.78 Å². The van der Waals surface area contributed by atoms with Crippen molar-refractivity contribution in [1.29, 1.82) is 0 Å². The van der Waals surface area contributed by atoms with Gasteiger partial charge in [0.05, 0.1) is 29.2 Å². The minimum Gasteiger partial charge on any atom is -0.334 e. The molecular weight excluding hydrogens is 509 g/mol. The van der Waals surface area contributed by atoms with Gasteiger partial charge in [0.2, 0.25) is 0 Å². The first-order valence-corrected chi connectivity index (χ1v) is 11.7. The molecule has 4 rings (SSSR count). The minimum absolute atomic E-state index is 0. The number of pyridine rings is 1. The highest BCUT2D eigenvalue weighted by atomic mass is 35.5. The number of aromatic nitrogens is 2. The lowest BCUT2D eigenvalue weighted by Gasteiger charge is -2.31. The van der Waals surface area contributed by atoms with Crippen LogP contribution in [0.25, 0.3) is 16.6 Å². The second-order valence-electron chi connectivity index (χ2n) is 9.38. The zero-order valence-electron chi connectivity index (χ0n) is 20.8. The van der Waals surface area contributed by atoms with Gasteiger partial charge in [0.15, 0.2) is 11.6 Å². The highest BCUT2D eigenvalue weighted by Gasteiger charge is 2.29. The standard InChI is InChI=1S/C26H30F2N4O2.2ClH/c1-15(2)32(16(3)4)26(34)19-11-18(27)5-6-22(19)31-14-20(24-21(28)12-30-13-23(24)31)25(33)17-7-9-29-10-8-17;;/h5-6,11-17,29H,7-10H2,1-4H3;2*1H. The topological polar surface area (TPSA) is 67.2 Å². The van der Waals surface area contributed by atoms with Gasteiger partial charge >= 0.3 is 0 Å². The van der Waals surface area contributed by atoms with Crippen LogP contribution in [0.15, 0.2) is 36.8 Å². The van der Waals surface area contributed by atoms with Gasteiger partial charge in [-0.3, -0.25) is 14.6 Å². The van der Waals surface area contributed by atoms with Crippen molar-refractivity contribution in [3.05, 3.63) is 59.6 Å². The van der Waals surface area contributed by atoms with Crippen LogP contribution in [0.2, 0.25) is 0 Å². The lowest BCUT2D eigenvalue weighted by Crippen LogP contribution is -2.42. The number of hydrogen-bond donors (Lipinski definition) is 1. The van der Waals surface area contributed by atoms with E-state index in [0.717, 1.165) is 19.3 Å². The molecule has 10 heteroatoms. The predicted octanol–water partition coefficient (Wildman–Crippen LogP) is 5.59. The van der Waals surface area contributed by atoms with E-state index in [-0.39, 0.29) is 71.0 Å². The Balaban J connectivity index is 0.00000228. The van der Waals surface area contributed by atoms with E-state index in [2.05, 4.69) is 10.3 Å². The molecule has 0 aliphatic carbocycles. The summed E-state index contributed by atoms with van der Waals surface area (Å²) in [5.74, 6) is -1.83. The normalized spacial score (nSPS) is 14.0. The molecule has 1 aromatic carbocycles. The molecule has 6 nitrogen and oxygen atoms in total. The molecule has 1 saturated heterocycles. The maximum atomic E-state index is 15.0. The first-order valence-electron chi connectivity index (χ1n) is 11.7. The van der Waals surface area contributed by atoms with Gasteiger partial charge in [-0.2, -0.15) is 0 Å². The van der Waals surface area contributed by atoms with E-state index >= 15 is 0 Å². The Morgan fingerprint density at radius 3 is 2.28 bits per heavy atom. The second-order valence-corrected chi connectivity index (χ2v) is 9.38. The molecule has 1 amide bonds. The zero-order valence-corrected chi connectivity index (χ0v) is 22.4. The molecule has 2 aromatic heterocycles. The van der Waals surface area contributed by atoms with Gasteiger partial charge in [0, 0.05) is 35.1 Å². The number of piperidine rings is 1. The molecule has 0 atom stereocenters. The average Bonchev–Trinajstić information content (AvgIpc) is 3.19. The summed E-state index contributed by atoms with van der Waals surface area (Å²) in [6.45, 7) is 9.06. The monoisotopic (exact) mass is 540 g/mol. The van der Waals surface area contributed by atoms with Gasteiger partial charge in [0.1, 0.15) is 5.82 Å². The van der Waals surface area contributed by atoms with Crippen molar-refractivity contribution < 1.29 is 18.4 Å². The fourth-order valence-electron chi connectivity index (χ4n) is 4.92. The highest BCUT2D eigenvalue weighted by molar-refractivity contribution is 6.10. The Kier molecular flexibility index (Phi) is 10.00. The number of fused-ring (bicyclic) bond motifs is 1. The van der Waals surface area contributed by atoms with Crippen molar-refractivity contribution in [3.63, 3.8) is 0 Å². The van der Waals surface area contributed by atoms with Gasteiger partial charge in [-0.05, 0) is 71.8 Å². The van der Waals surface area contributed by atoms with E-state index in [1.165, 1.54) is 24.4 Å². The van der Waals surface area contributed by atoms with Crippen molar-refractivity contribution >= 4 is 47.4 Å². The number of amides is 1. The molecule has 1 N–H and O–H groups in total. The van der Waals surface area contributed by atoms with Crippen LogP contribution in [-0.2, 0) is 0 Å². The minimum atomic E-state index is -0.602. The number of ketones is 1. The van der Waals surface area contributed by atoms with E-state index < -0.39 is 11.6 Å². The number of Topliss-reactive ketones (excluding diaryl/α,β-unsaturated/α-hetero) is 1. The van der Waals surface area contributed by atoms with Crippen LogP contribution in [0, 0.1) is 17.6 Å². The van der Waals surface area contributed by atoms with Gasteiger partial charge in [0.25, 0.3) is 5.91 Å². The van der Waals surface area contributed by atoms with Crippen molar-refractivity contribution in [3.8, 4) is 5.69 Å². The number of benzene rings is 1. The van der Waals surface area contributed by atoms with Gasteiger partial charge in [-0.25, -0.2) is 8.78 Å². The first-order chi connectivity index (χ1) is 16.2. The Bertz CT molecular complexity index is 1230. The number of halogens is 4. The third-order valence-electron chi connectivity index (χ3n) is 6.44. The molecule has 0 spiro atoms. The fourth-order valence-corrected chi connectivity index (χ4v) is 4.92. The second kappa shape index (κ2) is 12.1. The Hall–Kier alpha value is -2.55. The molecule has 0 radical (unpaired) electrons. The van der Waals surface area contributed by atoms with Crippen LogP contribution in [0.3, 0.4) is 0 Å².